The smallest absolute Gasteiger partial charge is 0.289 e. The number of hydrogen-bond acceptors (Lipinski definition) is 5. The van der Waals surface area contributed by atoms with Gasteiger partial charge in [0.1, 0.15) is 12.4 Å². The number of guanidine groups is 1. The minimum absolute atomic E-state index is 0.0857. The Morgan fingerprint density at radius 2 is 1.90 bits per heavy atom. The summed E-state index contributed by atoms with van der Waals surface area (Å²) in [7, 11) is 1.74. The van der Waals surface area contributed by atoms with E-state index < -0.39 is 0 Å². The molecule has 0 spiro atoms. The summed E-state index contributed by atoms with van der Waals surface area (Å²) in [5, 5.41) is 6.02. The molecule has 0 radical (unpaired) electrons. The van der Waals surface area contributed by atoms with Crippen molar-refractivity contribution in [2.45, 2.75) is 6.92 Å². The summed E-state index contributed by atoms with van der Waals surface area (Å²) in [5.41, 5.74) is 0.700. The zero-order valence-corrected chi connectivity index (χ0v) is 17.3. The van der Waals surface area contributed by atoms with Crippen molar-refractivity contribution in [3.8, 4) is 5.75 Å². The molecule has 160 valence electrons. The first-order chi connectivity index (χ1) is 14.6. The van der Waals surface area contributed by atoms with Crippen LogP contribution in [0.3, 0.4) is 0 Å². The number of hydrogen-bond donors (Lipinski definition) is 2. The van der Waals surface area contributed by atoms with E-state index in [-0.39, 0.29) is 11.8 Å². The monoisotopic (exact) mass is 413 g/mol. The SMILES string of the molecule is CN=C(NCCOc1cccc(NC(C)=O)c1)N1CCN(C(=O)c2ccco2)CC1. The normalized spacial score (nSPS) is 14.4. The average Bonchev–Trinajstić information content (AvgIpc) is 3.28. The average molecular weight is 413 g/mol. The van der Waals surface area contributed by atoms with Crippen LogP contribution >= 0.6 is 0 Å². The molecule has 30 heavy (non-hydrogen) atoms. The van der Waals surface area contributed by atoms with Crippen LogP contribution < -0.4 is 15.4 Å². The van der Waals surface area contributed by atoms with Gasteiger partial charge in [-0.1, -0.05) is 6.07 Å². The van der Waals surface area contributed by atoms with Crippen molar-refractivity contribution in [2.75, 3.05) is 51.7 Å². The molecule has 0 bridgehead atoms. The second kappa shape index (κ2) is 10.3. The van der Waals surface area contributed by atoms with E-state index in [1.165, 1.54) is 13.2 Å². The van der Waals surface area contributed by atoms with E-state index in [2.05, 4.69) is 20.5 Å². The molecule has 1 aromatic heterocycles. The van der Waals surface area contributed by atoms with E-state index in [1.807, 2.05) is 18.2 Å². The second-order valence-corrected chi connectivity index (χ2v) is 6.79. The molecule has 2 aromatic rings. The van der Waals surface area contributed by atoms with Gasteiger partial charge in [0.05, 0.1) is 12.8 Å². The van der Waals surface area contributed by atoms with Crippen molar-refractivity contribution in [3.63, 3.8) is 0 Å². The molecule has 3 rings (SSSR count). The van der Waals surface area contributed by atoms with Crippen molar-refractivity contribution >= 4 is 23.5 Å². The Morgan fingerprint density at radius 1 is 1.13 bits per heavy atom. The Morgan fingerprint density at radius 3 is 2.57 bits per heavy atom. The van der Waals surface area contributed by atoms with E-state index in [0.29, 0.717) is 56.5 Å². The Labute approximate surface area is 175 Å². The van der Waals surface area contributed by atoms with E-state index >= 15 is 0 Å². The van der Waals surface area contributed by atoms with Gasteiger partial charge in [0, 0.05) is 51.9 Å². The summed E-state index contributed by atoms with van der Waals surface area (Å²) in [6, 6.07) is 10.7. The van der Waals surface area contributed by atoms with Crippen LogP contribution in [0.25, 0.3) is 0 Å². The zero-order valence-electron chi connectivity index (χ0n) is 17.3. The summed E-state index contributed by atoms with van der Waals surface area (Å²) in [6.45, 7) is 5.06. The molecule has 1 fully saturated rings. The molecule has 0 aliphatic carbocycles. The molecular formula is C21H27N5O4. The Balaban J connectivity index is 1.41. The standard InChI is InChI=1S/C21H27N5O4/c1-16(27)24-17-5-3-6-18(15-17)29-14-8-23-21(22-2)26-11-9-25(10-12-26)20(28)19-7-4-13-30-19/h3-7,13,15H,8-12,14H2,1-2H3,(H,22,23)(H,24,27). The van der Waals surface area contributed by atoms with Gasteiger partial charge >= 0.3 is 0 Å². The highest BCUT2D eigenvalue weighted by Crippen LogP contribution is 2.17. The predicted molar refractivity (Wildman–Crippen MR) is 114 cm³/mol. The third-order valence-electron chi connectivity index (χ3n) is 4.62. The molecule has 2 amide bonds. The van der Waals surface area contributed by atoms with Crippen molar-refractivity contribution in [3.05, 3.63) is 48.4 Å². The fourth-order valence-corrected chi connectivity index (χ4v) is 3.21. The fraction of sp³-hybridized carbons (Fsp3) is 0.381. The summed E-state index contributed by atoms with van der Waals surface area (Å²) in [6.07, 6.45) is 1.51. The Hall–Kier alpha value is -3.49. The van der Waals surface area contributed by atoms with E-state index in [4.69, 9.17) is 9.15 Å². The number of rotatable bonds is 6. The number of nitrogens with one attached hydrogen (secondary N) is 2. The minimum Gasteiger partial charge on any atom is -0.492 e. The van der Waals surface area contributed by atoms with Crippen LogP contribution in [0, 0.1) is 0 Å². The minimum atomic E-state index is -0.122. The van der Waals surface area contributed by atoms with Gasteiger partial charge in [-0.3, -0.25) is 14.6 Å². The maximum Gasteiger partial charge on any atom is 0.289 e. The van der Waals surface area contributed by atoms with Gasteiger partial charge in [0.2, 0.25) is 5.91 Å². The number of nitrogens with zero attached hydrogens (tertiary/aromatic N) is 3. The van der Waals surface area contributed by atoms with Crippen LogP contribution in [0.15, 0.2) is 52.1 Å². The first kappa shape index (κ1) is 21.2. The molecule has 0 saturated carbocycles. The van der Waals surface area contributed by atoms with Gasteiger partial charge in [-0.25, -0.2) is 0 Å². The van der Waals surface area contributed by atoms with Crippen molar-refractivity contribution < 1.29 is 18.7 Å². The Kier molecular flexibility index (Phi) is 7.31. The number of ether oxygens (including phenoxy) is 1. The van der Waals surface area contributed by atoms with Gasteiger partial charge in [0.15, 0.2) is 11.7 Å². The highest BCUT2D eigenvalue weighted by molar-refractivity contribution is 5.91. The molecule has 9 nitrogen and oxygen atoms in total. The molecule has 2 N–H and O–H groups in total. The van der Waals surface area contributed by atoms with Gasteiger partial charge < -0.3 is 29.6 Å². The number of piperazine rings is 1. The van der Waals surface area contributed by atoms with Crippen LogP contribution in [0.4, 0.5) is 5.69 Å². The van der Waals surface area contributed by atoms with Crippen LogP contribution in [0.5, 0.6) is 5.75 Å². The summed E-state index contributed by atoms with van der Waals surface area (Å²) < 4.78 is 10.9. The third kappa shape index (κ3) is 5.76. The number of aliphatic imine (C=N–C) groups is 1. The summed E-state index contributed by atoms with van der Waals surface area (Å²) in [5.74, 6) is 1.62. The van der Waals surface area contributed by atoms with Gasteiger partial charge in [-0.05, 0) is 24.3 Å². The molecule has 1 aliphatic heterocycles. The van der Waals surface area contributed by atoms with Crippen molar-refractivity contribution in [1.82, 2.24) is 15.1 Å². The van der Waals surface area contributed by atoms with Crippen LogP contribution in [-0.2, 0) is 4.79 Å². The molecule has 9 heteroatoms. The van der Waals surface area contributed by atoms with Crippen LogP contribution in [-0.4, -0.2) is 74.0 Å². The highest BCUT2D eigenvalue weighted by Gasteiger charge is 2.25. The highest BCUT2D eigenvalue weighted by atomic mass is 16.5. The van der Waals surface area contributed by atoms with Crippen molar-refractivity contribution in [2.24, 2.45) is 4.99 Å². The third-order valence-corrected chi connectivity index (χ3v) is 4.62. The number of furan rings is 1. The molecule has 0 unspecified atom stereocenters. The molecule has 0 atom stereocenters. The first-order valence-electron chi connectivity index (χ1n) is 9.85. The van der Waals surface area contributed by atoms with Gasteiger partial charge in [0.25, 0.3) is 5.91 Å². The number of carbonyl (C=O) groups excluding carboxylic acids is 2. The fourth-order valence-electron chi connectivity index (χ4n) is 3.21. The van der Waals surface area contributed by atoms with Crippen LogP contribution in [0.1, 0.15) is 17.5 Å². The van der Waals surface area contributed by atoms with E-state index in [9.17, 15) is 9.59 Å². The van der Waals surface area contributed by atoms with Crippen molar-refractivity contribution in [1.29, 1.82) is 0 Å². The molecule has 1 aliphatic rings. The van der Waals surface area contributed by atoms with E-state index in [0.717, 1.165) is 5.96 Å². The number of anilines is 1. The van der Waals surface area contributed by atoms with Crippen LogP contribution in [0.2, 0.25) is 0 Å². The number of benzene rings is 1. The lowest BCUT2D eigenvalue weighted by Crippen LogP contribution is -2.54. The molecule has 2 heterocycles. The number of carbonyl (C=O) groups is 2. The van der Waals surface area contributed by atoms with E-state index in [1.54, 1.807) is 30.1 Å². The largest absolute Gasteiger partial charge is 0.492 e. The maximum absolute atomic E-state index is 12.4. The lowest BCUT2D eigenvalue weighted by atomic mass is 10.3. The number of amides is 2. The quantitative estimate of drug-likeness (QED) is 0.424. The maximum atomic E-state index is 12.4. The summed E-state index contributed by atoms with van der Waals surface area (Å²) in [4.78, 5) is 31.7. The zero-order chi connectivity index (χ0) is 21.3. The molecule has 1 saturated heterocycles. The Bertz CT molecular complexity index is 873. The molecular weight excluding hydrogens is 386 g/mol. The van der Waals surface area contributed by atoms with Gasteiger partial charge in [-0.15, -0.1) is 0 Å². The molecule has 1 aromatic carbocycles. The topological polar surface area (TPSA) is 99.4 Å². The lowest BCUT2D eigenvalue weighted by Gasteiger charge is -2.36. The predicted octanol–water partition coefficient (Wildman–Crippen LogP) is 1.65. The second-order valence-electron chi connectivity index (χ2n) is 6.79. The summed E-state index contributed by atoms with van der Waals surface area (Å²) >= 11 is 0. The first-order valence-corrected chi connectivity index (χ1v) is 9.85. The lowest BCUT2D eigenvalue weighted by molar-refractivity contribution is -0.114. The van der Waals surface area contributed by atoms with Gasteiger partial charge in [-0.2, -0.15) is 0 Å².